The number of hydrogen-bond acceptors (Lipinski definition) is 1. The molecule has 1 atom stereocenters. The van der Waals surface area contributed by atoms with Crippen LogP contribution in [0.15, 0.2) is 11.6 Å². The summed E-state index contributed by atoms with van der Waals surface area (Å²) in [5.41, 5.74) is 1.44. The number of nitrogens with one attached hydrogen (secondary N) is 1. The second-order valence-corrected chi connectivity index (χ2v) is 5.96. The van der Waals surface area contributed by atoms with Crippen molar-refractivity contribution in [3.05, 3.63) is 11.6 Å². The number of urea groups is 1. The lowest BCUT2D eigenvalue weighted by Gasteiger charge is -2.34. The second kappa shape index (κ2) is 6.81. The third-order valence-electron chi connectivity index (χ3n) is 3.37. The summed E-state index contributed by atoms with van der Waals surface area (Å²) >= 11 is 0. The topological polar surface area (TPSA) is 32.3 Å². The number of hydrogen-bond donors (Lipinski definition) is 1. The summed E-state index contributed by atoms with van der Waals surface area (Å²) in [6.45, 7) is 8.40. The number of amides is 2. The van der Waals surface area contributed by atoms with Gasteiger partial charge >= 0.3 is 6.03 Å². The van der Waals surface area contributed by atoms with Gasteiger partial charge in [-0.25, -0.2) is 4.79 Å². The van der Waals surface area contributed by atoms with E-state index in [-0.39, 0.29) is 12.1 Å². The number of carbonyl (C=O) groups is 1. The van der Waals surface area contributed by atoms with Crippen molar-refractivity contribution >= 4 is 6.03 Å². The van der Waals surface area contributed by atoms with E-state index in [1.807, 2.05) is 25.8 Å². The van der Waals surface area contributed by atoms with Crippen molar-refractivity contribution in [2.24, 2.45) is 5.92 Å². The first-order valence-electron chi connectivity index (χ1n) is 7.15. The lowest BCUT2D eigenvalue weighted by molar-refractivity contribution is 0.187. The van der Waals surface area contributed by atoms with E-state index < -0.39 is 0 Å². The molecular weight excluding hydrogens is 224 g/mol. The van der Waals surface area contributed by atoms with Gasteiger partial charge in [-0.1, -0.05) is 31.9 Å². The van der Waals surface area contributed by atoms with E-state index in [0.29, 0.717) is 12.0 Å². The van der Waals surface area contributed by atoms with Crippen LogP contribution in [0.2, 0.25) is 0 Å². The highest BCUT2D eigenvalue weighted by Crippen LogP contribution is 2.28. The molecule has 1 saturated carbocycles. The smallest absolute Gasteiger partial charge is 0.317 e. The van der Waals surface area contributed by atoms with Crippen molar-refractivity contribution in [2.75, 3.05) is 7.05 Å². The zero-order valence-electron chi connectivity index (χ0n) is 12.5. The van der Waals surface area contributed by atoms with E-state index in [1.54, 1.807) is 0 Å². The standard InChI is InChI=1S/C15H28N2O/c1-11(2)10-13-8-6-7-9-14(13)17(5)15(18)16-12(3)4/h10-12,14H,6-9H2,1-5H3,(H,16,18)/b13-10+/t14-/m1/s1. The Morgan fingerprint density at radius 2 is 2.00 bits per heavy atom. The monoisotopic (exact) mass is 252 g/mol. The van der Waals surface area contributed by atoms with Crippen LogP contribution in [-0.2, 0) is 0 Å². The van der Waals surface area contributed by atoms with Gasteiger partial charge in [-0.3, -0.25) is 0 Å². The fourth-order valence-electron chi connectivity index (χ4n) is 2.57. The van der Waals surface area contributed by atoms with Gasteiger partial charge in [0, 0.05) is 13.1 Å². The number of allylic oxidation sites excluding steroid dienone is 1. The SMILES string of the molecule is CC(C)/C=C1\CCCC[C@H]1N(C)C(=O)NC(C)C. The van der Waals surface area contributed by atoms with Gasteiger partial charge in [0.2, 0.25) is 0 Å². The summed E-state index contributed by atoms with van der Waals surface area (Å²) in [6.07, 6.45) is 7.06. The Bertz CT molecular complexity index is 308. The van der Waals surface area contributed by atoms with Gasteiger partial charge in [0.05, 0.1) is 6.04 Å². The van der Waals surface area contributed by atoms with Crippen molar-refractivity contribution in [1.29, 1.82) is 0 Å². The summed E-state index contributed by atoms with van der Waals surface area (Å²) in [4.78, 5) is 14.0. The van der Waals surface area contributed by atoms with Gasteiger partial charge in [0.15, 0.2) is 0 Å². The average molecular weight is 252 g/mol. The van der Waals surface area contributed by atoms with E-state index in [1.165, 1.54) is 18.4 Å². The summed E-state index contributed by atoms with van der Waals surface area (Å²) in [7, 11) is 1.92. The molecule has 2 amide bonds. The van der Waals surface area contributed by atoms with Crippen LogP contribution >= 0.6 is 0 Å². The molecule has 0 bridgehead atoms. The molecule has 0 aromatic carbocycles. The quantitative estimate of drug-likeness (QED) is 0.765. The molecular formula is C15H28N2O. The van der Waals surface area contributed by atoms with E-state index in [9.17, 15) is 4.79 Å². The van der Waals surface area contributed by atoms with Crippen LogP contribution < -0.4 is 5.32 Å². The minimum atomic E-state index is 0.0477. The third-order valence-corrected chi connectivity index (χ3v) is 3.37. The fraction of sp³-hybridized carbons (Fsp3) is 0.800. The highest BCUT2D eigenvalue weighted by atomic mass is 16.2. The molecule has 1 N–H and O–H groups in total. The Hall–Kier alpha value is -0.990. The molecule has 0 unspecified atom stereocenters. The maximum atomic E-state index is 12.1. The fourth-order valence-corrected chi connectivity index (χ4v) is 2.57. The van der Waals surface area contributed by atoms with Gasteiger partial charge in [0.25, 0.3) is 0 Å². The molecule has 3 heteroatoms. The Labute approximate surface area is 112 Å². The summed E-state index contributed by atoms with van der Waals surface area (Å²) in [6, 6.07) is 0.535. The molecule has 104 valence electrons. The van der Waals surface area contributed by atoms with Crippen molar-refractivity contribution in [3.63, 3.8) is 0 Å². The Kier molecular flexibility index (Phi) is 5.70. The number of carbonyl (C=O) groups excluding carboxylic acids is 1. The van der Waals surface area contributed by atoms with Crippen LogP contribution in [0.4, 0.5) is 4.79 Å². The molecule has 3 nitrogen and oxygen atoms in total. The predicted molar refractivity (Wildman–Crippen MR) is 76.6 cm³/mol. The highest BCUT2D eigenvalue weighted by Gasteiger charge is 2.26. The zero-order chi connectivity index (χ0) is 13.7. The average Bonchev–Trinajstić information content (AvgIpc) is 2.27. The van der Waals surface area contributed by atoms with Gasteiger partial charge in [-0.05, 0) is 39.0 Å². The molecule has 0 radical (unpaired) electrons. The predicted octanol–water partition coefficient (Wildman–Crippen LogP) is 3.56. The van der Waals surface area contributed by atoms with Gasteiger partial charge in [-0.15, -0.1) is 0 Å². The summed E-state index contributed by atoms with van der Waals surface area (Å²) in [5.74, 6) is 0.558. The molecule has 1 fully saturated rings. The zero-order valence-corrected chi connectivity index (χ0v) is 12.5. The summed E-state index contributed by atoms with van der Waals surface area (Å²) < 4.78 is 0. The van der Waals surface area contributed by atoms with Crippen LogP contribution in [0, 0.1) is 5.92 Å². The highest BCUT2D eigenvalue weighted by molar-refractivity contribution is 5.75. The summed E-state index contributed by atoms with van der Waals surface area (Å²) in [5, 5.41) is 2.97. The van der Waals surface area contributed by atoms with Crippen LogP contribution in [-0.4, -0.2) is 30.1 Å². The first-order valence-corrected chi connectivity index (χ1v) is 7.15. The molecule has 18 heavy (non-hydrogen) atoms. The minimum Gasteiger partial charge on any atom is -0.336 e. The molecule has 0 aromatic heterocycles. The maximum absolute atomic E-state index is 12.1. The van der Waals surface area contributed by atoms with Gasteiger partial charge < -0.3 is 10.2 Å². The molecule has 1 aliphatic carbocycles. The second-order valence-electron chi connectivity index (χ2n) is 5.96. The van der Waals surface area contributed by atoms with Crippen LogP contribution in [0.5, 0.6) is 0 Å². The molecule has 0 saturated heterocycles. The van der Waals surface area contributed by atoms with E-state index in [2.05, 4.69) is 25.2 Å². The normalized spacial score (nSPS) is 22.6. The molecule has 0 spiro atoms. The number of nitrogens with zero attached hydrogens (tertiary/aromatic N) is 1. The van der Waals surface area contributed by atoms with Crippen molar-refractivity contribution in [3.8, 4) is 0 Å². The molecule has 0 aliphatic heterocycles. The lowest BCUT2D eigenvalue weighted by atomic mass is 9.87. The molecule has 0 heterocycles. The molecule has 0 aromatic rings. The van der Waals surface area contributed by atoms with Crippen molar-refractivity contribution in [2.45, 2.75) is 65.5 Å². The first kappa shape index (κ1) is 15.1. The largest absolute Gasteiger partial charge is 0.336 e. The van der Waals surface area contributed by atoms with Crippen LogP contribution in [0.25, 0.3) is 0 Å². The van der Waals surface area contributed by atoms with Crippen LogP contribution in [0.3, 0.4) is 0 Å². The van der Waals surface area contributed by atoms with Crippen molar-refractivity contribution < 1.29 is 4.79 Å². The first-order chi connectivity index (χ1) is 8.41. The number of likely N-dealkylation sites (N-methyl/N-ethyl adjacent to an activating group) is 1. The number of rotatable bonds is 3. The Morgan fingerprint density at radius 3 is 2.56 bits per heavy atom. The van der Waals surface area contributed by atoms with Gasteiger partial charge in [0.1, 0.15) is 0 Å². The van der Waals surface area contributed by atoms with Gasteiger partial charge in [-0.2, -0.15) is 0 Å². The van der Waals surface area contributed by atoms with E-state index in [4.69, 9.17) is 0 Å². The molecule has 1 rings (SSSR count). The minimum absolute atomic E-state index is 0.0477. The van der Waals surface area contributed by atoms with Crippen molar-refractivity contribution in [1.82, 2.24) is 10.2 Å². The van der Waals surface area contributed by atoms with Crippen LogP contribution in [0.1, 0.15) is 53.4 Å². The van der Waals surface area contributed by atoms with E-state index in [0.717, 1.165) is 12.8 Å². The maximum Gasteiger partial charge on any atom is 0.317 e. The Morgan fingerprint density at radius 1 is 1.33 bits per heavy atom. The Balaban J connectivity index is 2.74. The van der Waals surface area contributed by atoms with E-state index >= 15 is 0 Å². The third kappa shape index (κ3) is 4.35. The lowest BCUT2D eigenvalue weighted by Crippen LogP contribution is -2.47. The molecule has 1 aliphatic rings.